The quantitative estimate of drug-likeness (QED) is 0.631. The summed E-state index contributed by atoms with van der Waals surface area (Å²) in [6.07, 6.45) is 1.46. The highest BCUT2D eigenvalue weighted by atomic mass is 32.2. The van der Waals surface area contributed by atoms with E-state index >= 15 is 0 Å². The molecule has 5 nitrogen and oxygen atoms in total. The molecular weight excluding hydrogens is 403 g/mol. The fourth-order valence-electron chi connectivity index (χ4n) is 4.19. The van der Waals surface area contributed by atoms with Crippen LogP contribution in [0.25, 0.3) is 0 Å². The van der Waals surface area contributed by atoms with E-state index in [1.54, 1.807) is 34.1 Å². The maximum absolute atomic E-state index is 13.9. The smallest absolute Gasteiger partial charge is 0.291 e. The maximum atomic E-state index is 13.9. The number of benzene rings is 2. The summed E-state index contributed by atoms with van der Waals surface area (Å²) in [5.41, 5.74) is 3.43. The summed E-state index contributed by atoms with van der Waals surface area (Å²) in [6.45, 7) is 2.73. The van der Waals surface area contributed by atoms with Crippen molar-refractivity contribution in [1.29, 1.82) is 0 Å². The lowest BCUT2D eigenvalue weighted by molar-refractivity contribution is -0.123. The Morgan fingerprint density at radius 3 is 2.73 bits per heavy atom. The molecule has 2 aliphatic heterocycles. The highest BCUT2D eigenvalue weighted by Gasteiger charge is 2.59. The number of rotatable bonds is 3. The van der Waals surface area contributed by atoms with E-state index < -0.39 is 4.87 Å². The van der Waals surface area contributed by atoms with E-state index in [2.05, 4.69) is 0 Å². The van der Waals surface area contributed by atoms with Crippen molar-refractivity contribution in [2.45, 2.75) is 18.3 Å². The summed E-state index contributed by atoms with van der Waals surface area (Å²) in [6, 6.07) is 15.3. The Labute approximate surface area is 177 Å². The summed E-state index contributed by atoms with van der Waals surface area (Å²) < 4.78 is 18.7. The lowest BCUT2D eigenvalue weighted by atomic mass is 10.0. The number of hydrogen-bond donors (Lipinski definition) is 0. The minimum atomic E-state index is -1.12. The lowest BCUT2D eigenvalue weighted by Gasteiger charge is -2.32. The van der Waals surface area contributed by atoms with Crippen molar-refractivity contribution in [2.24, 2.45) is 0 Å². The second-order valence-electron chi connectivity index (χ2n) is 7.46. The molecule has 0 unspecified atom stereocenters. The Kier molecular flexibility index (Phi) is 4.43. The molecule has 1 fully saturated rings. The van der Waals surface area contributed by atoms with Crippen LogP contribution in [0.5, 0.6) is 0 Å². The summed E-state index contributed by atoms with van der Waals surface area (Å²) >= 11 is 1.47. The van der Waals surface area contributed by atoms with Crippen molar-refractivity contribution in [1.82, 2.24) is 4.90 Å². The number of carbonyl (C=O) groups is 2. The summed E-state index contributed by atoms with van der Waals surface area (Å²) in [4.78, 5) is 29.3. The number of hydrogen-bond acceptors (Lipinski definition) is 4. The molecule has 2 amide bonds. The molecule has 1 saturated heterocycles. The van der Waals surface area contributed by atoms with Gasteiger partial charge < -0.3 is 14.2 Å². The van der Waals surface area contributed by atoms with Crippen molar-refractivity contribution >= 4 is 29.3 Å². The molecule has 5 rings (SSSR count). The monoisotopic (exact) mass is 422 g/mol. The fraction of sp³-hybridized carbons (Fsp3) is 0.217. The Morgan fingerprint density at radius 2 is 2.00 bits per heavy atom. The molecule has 0 aliphatic carbocycles. The average molecular weight is 422 g/mol. The summed E-state index contributed by atoms with van der Waals surface area (Å²) in [5.74, 6) is 0.0939. The van der Waals surface area contributed by atoms with E-state index in [-0.39, 0.29) is 23.4 Å². The molecule has 2 aliphatic rings. The molecule has 30 heavy (non-hydrogen) atoms. The minimum absolute atomic E-state index is 0.158. The van der Waals surface area contributed by atoms with Gasteiger partial charge in [0.25, 0.3) is 11.8 Å². The first kappa shape index (κ1) is 18.9. The normalized spacial score (nSPS) is 20.3. The Bertz CT molecular complexity index is 1130. The third-order valence-electron chi connectivity index (χ3n) is 5.58. The Hall–Kier alpha value is -3.06. The van der Waals surface area contributed by atoms with Gasteiger partial charge >= 0.3 is 0 Å². The molecule has 0 saturated carbocycles. The molecule has 3 heterocycles. The van der Waals surface area contributed by atoms with Crippen LogP contribution in [-0.4, -0.2) is 29.0 Å². The zero-order valence-electron chi connectivity index (χ0n) is 16.3. The van der Waals surface area contributed by atoms with Crippen molar-refractivity contribution in [3.05, 3.63) is 89.1 Å². The fourth-order valence-corrected chi connectivity index (χ4v) is 5.64. The number of anilines is 1. The highest BCUT2D eigenvalue weighted by molar-refractivity contribution is 8.01. The molecule has 0 bridgehead atoms. The van der Waals surface area contributed by atoms with Gasteiger partial charge in [0.15, 0.2) is 10.6 Å². The zero-order valence-corrected chi connectivity index (χ0v) is 17.1. The molecule has 152 valence electrons. The summed E-state index contributed by atoms with van der Waals surface area (Å²) in [5, 5.41) is 0. The number of fused-ring (bicyclic) bond motifs is 2. The van der Waals surface area contributed by atoms with Gasteiger partial charge in [-0.15, -0.1) is 11.8 Å². The SMILES string of the molecule is Cc1ccc2c(c1)[C@]1(SCCN1C(=O)c1ccco1)C(=O)N2Cc1ccc(F)cc1. The predicted octanol–water partition coefficient (Wildman–Crippen LogP) is 4.32. The molecule has 0 radical (unpaired) electrons. The van der Waals surface area contributed by atoms with Gasteiger partial charge in [-0.25, -0.2) is 4.39 Å². The molecular formula is C23H19FN2O3S. The van der Waals surface area contributed by atoms with Crippen LogP contribution >= 0.6 is 11.8 Å². The van der Waals surface area contributed by atoms with E-state index in [0.717, 1.165) is 22.4 Å². The minimum Gasteiger partial charge on any atom is -0.459 e. The molecule has 2 aromatic carbocycles. The van der Waals surface area contributed by atoms with Gasteiger partial charge in [0, 0.05) is 17.9 Å². The largest absolute Gasteiger partial charge is 0.459 e. The molecule has 7 heteroatoms. The number of aryl methyl sites for hydroxylation is 1. The molecule has 3 aromatic rings. The first-order valence-corrected chi connectivity index (χ1v) is 10.7. The van der Waals surface area contributed by atoms with Crippen molar-refractivity contribution in [3.63, 3.8) is 0 Å². The van der Waals surface area contributed by atoms with Gasteiger partial charge in [0.2, 0.25) is 0 Å². The van der Waals surface area contributed by atoms with E-state index in [9.17, 15) is 14.0 Å². The summed E-state index contributed by atoms with van der Waals surface area (Å²) in [7, 11) is 0. The third kappa shape index (κ3) is 2.76. The van der Waals surface area contributed by atoms with Gasteiger partial charge in [-0.3, -0.25) is 9.59 Å². The Morgan fingerprint density at radius 1 is 1.20 bits per heavy atom. The maximum Gasteiger partial charge on any atom is 0.291 e. The second kappa shape index (κ2) is 7.02. The topological polar surface area (TPSA) is 53.8 Å². The highest BCUT2D eigenvalue weighted by Crippen LogP contribution is 2.55. The standard InChI is InChI=1S/C23H19FN2O3S/c1-15-4-9-19-18(13-15)23(22(28)25(19)14-16-5-7-17(24)8-6-16)26(10-12-30-23)21(27)20-3-2-11-29-20/h2-9,11,13H,10,12,14H2,1H3/t23-/m0/s1. The number of halogens is 1. The van der Waals surface area contributed by atoms with Crippen molar-refractivity contribution < 1.29 is 18.4 Å². The Balaban J connectivity index is 1.60. The second-order valence-corrected chi connectivity index (χ2v) is 8.75. The number of furan rings is 1. The zero-order chi connectivity index (χ0) is 20.9. The van der Waals surface area contributed by atoms with Gasteiger partial charge in [0.1, 0.15) is 5.82 Å². The van der Waals surface area contributed by atoms with E-state index in [4.69, 9.17) is 4.42 Å². The number of carbonyl (C=O) groups excluding carboxylic acids is 2. The van der Waals surface area contributed by atoms with Crippen LogP contribution in [0.4, 0.5) is 10.1 Å². The molecule has 0 N–H and O–H groups in total. The molecule has 1 spiro atoms. The number of nitrogens with zero attached hydrogens (tertiary/aromatic N) is 2. The van der Waals surface area contributed by atoms with Gasteiger partial charge in [-0.2, -0.15) is 0 Å². The van der Waals surface area contributed by atoms with Crippen LogP contribution in [0, 0.1) is 12.7 Å². The first-order chi connectivity index (χ1) is 14.5. The number of thioether (sulfide) groups is 1. The number of amides is 2. The average Bonchev–Trinajstić information content (AvgIpc) is 3.47. The van der Waals surface area contributed by atoms with Gasteiger partial charge in [0.05, 0.1) is 18.5 Å². The predicted molar refractivity (Wildman–Crippen MR) is 113 cm³/mol. The van der Waals surface area contributed by atoms with E-state index in [1.807, 2.05) is 25.1 Å². The van der Waals surface area contributed by atoms with Crippen LogP contribution in [0.3, 0.4) is 0 Å². The molecule has 1 aromatic heterocycles. The van der Waals surface area contributed by atoms with Crippen molar-refractivity contribution in [3.8, 4) is 0 Å². The lowest BCUT2D eigenvalue weighted by Crippen LogP contribution is -2.50. The van der Waals surface area contributed by atoms with Crippen LogP contribution in [-0.2, 0) is 16.2 Å². The van der Waals surface area contributed by atoms with Gasteiger partial charge in [-0.1, -0.05) is 29.8 Å². The van der Waals surface area contributed by atoms with Crippen LogP contribution in [0.2, 0.25) is 0 Å². The van der Waals surface area contributed by atoms with Crippen LogP contribution in [0.15, 0.2) is 65.3 Å². The van der Waals surface area contributed by atoms with Crippen LogP contribution in [0.1, 0.15) is 27.2 Å². The van der Waals surface area contributed by atoms with Crippen molar-refractivity contribution in [2.75, 3.05) is 17.2 Å². The van der Waals surface area contributed by atoms with Crippen LogP contribution < -0.4 is 4.90 Å². The van der Waals surface area contributed by atoms with E-state index in [1.165, 1.54) is 30.2 Å². The first-order valence-electron chi connectivity index (χ1n) is 9.68. The van der Waals surface area contributed by atoms with E-state index in [0.29, 0.717) is 18.8 Å². The van der Waals surface area contributed by atoms with Gasteiger partial charge in [-0.05, 0) is 42.8 Å². The third-order valence-corrected chi connectivity index (χ3v) is 7.00. The molecule has 1 atom stereocenters.